The summed E-state index contributed by atoms with van der Waals surface area (Å²) in [5.74, 6) is -0.367. The lowest BCUT2D eigenvalue weighted by atomic mass is 10.1. The fourth-order valence-electron chi connectivity index (χ4n) is 2.26. The molecule has 2 unspecified atom stereocenters. The number of hydrogen-bond donors (Lipinski definition) is 2. The van der Waals surface area contributed by atoms with Gasteiger partial charge in [-0.3, -0.25) is 4.79 Å². The lowest BCUT2D eigenvalue weighted by molar-refractivity contribution is -0.123. The summed E-state index contributed by atoms with van der Waals surface area (Å²) in [5, 5.41) is 6.00. The van der Waals surface area contributed by atoms with Crippen molar-refractivity contribution in [1.82, 2.24) is 10.6 Å². The molecule has 1 fully saturated rings. The van der Waals surface area contributed by atoms with Gasteiger partial charge >= 0.3 is 0 Å². The van der Waals surface area contributed by atoms with Gasteiger partial charge in [0, 0.05) is 13.7 Å². The van der Waals surface area contributed by atoms with Gasteiger partial charge in [-0.05, 0) is 31.0 Å². The molecule has 1 aromatic carbocycles. The van der Waals surface area contributed by atoms with E-state index in [1.54, 1.807) is 19.2 Å². The van der Waals surface area contributed by atoms with Gasteiger partial charge in [-0.25, -0.2) is 4.39 Å². The van der Waals surface area contributed by atoms with Crippen molar-refractivity contribution < 1.29 is 13.9 Å². The van der Waals surface area contributed by atoms with Crippen LogP contribution in [0.2, 0.25) is 0 Å². The van der Waals surface area contributed by atoms with Crippen molar-refractivity contribution in [2.24, 2.45) is 0 Å². The molecule has 1 aromatic rings. The van der Waals surface area contributed by atoms with Gasteiger partial charge in [0.15, 0.2) is 0 Å². The third-order valence-corrected chi connectivity index (χ3v) is 3.45. The quantitative estimate of drug-likeness (QED) is 0.865. The van der Waals surface area contributed by atoms with Gasteiger partial charge in [-0.2, -0.15) is 0 Å². The van der Waals surface area contributed by atoms with E-state index in [4.69, 9.17) is 4.74 Å². The Morgan fingerprint density at radius 1 is 1.58 bits per heavy atom. The first-order chi connectivity index (χ1) is 9.10. The molecule has 2 rings (SSSR count). The Morgan fingerprint density at radius 3 is 3.00 bits per heavy atom. The van der Waals surface area contributed by atoms with Gasteiger partial charge in [0.2, 0.25) is 5.91 Å². The fraction of sp³-hybridized carbons (Fsp3) is 0.500. The third-order valence-electron chi connectivity index (χ3n) is 3.45. The van der Waals surface area contributed by atoms with Crippen LogP contribution in [0, 0.1) is 5.82 Å². The minimum atomic E-state index is -0.294. The van der Waals surface area contributed by atoms with Crippen LogP contribution in [-0.4, -0.2) is 31.7 Å². The summed E-state index contributed by atoms with van der Waals surface area (Å²) in [6.45, 7) is 2.53. The second kappa shape index (κ2) is 6.12. The average molecular weight is 266 g/mol. The summed E-state index contributed by atoms with van der Waals surface area (Å²) in [5.41, 5.74) is 0.759. The van der Waals surface area contributed by atoms with Crippen molar-refractivity contribution in [1.29, 1.82) is 0 Å². The monoisotopic (exact) mass is 266 g/mol. The highest BCUT2D eigenvalue weighted by Crippen LogP contribution is 2.15. The van der Waals surface area contributed by atoms with Crippen molar-refractivity contribution in [3.05, 3.63) is 35.6 Å². The van der Waals surface area contributed by atoms with Crippen molar-refractivity contribution in [2.75, 3.05) is 13.7 Å². The number of carbonyl (C=O) groups is 1. The van der Waals surface area contributed by atoms with Crippen molar-refractivity contribution in [2.45, 2.75) is 31.5 Å². The van der Waals surface area contributed by atoms with Crippen LogP contribution in [0.25, 0.3) is 0 Å². The van der Waals surface area contributed by atoms with Crippen LogP contribution in [0.1, 0.15) is 24.9 Å². The lowest BCUT2D eigenvalue weighted by Gasteiger charge is -2.17. The summed E-state index contributed by atoms with van der Waals surface area (Å²) in [7, 11) is 1.64. The SMILES string of the molecule is COC1CNC(C(=O)N[C@H](C)c2cccc(F)c2)C1. The van der Waals surface area contributed by atoms with Gasteiger partial charge in [-0.15, -0.1) is 0 Å². The Hall–Kier alpha value is -1.46. The Bertz CT molecular complexity index is 453. The zero-order chi connectivity index (χ0) is 13.8. The summed E-state index contributed by atoms with van der Waals surface area (Å²) in [4.78, 5) is 12.1. The number of methoxy groups -OCH3 is 1. The number of carbonyl (C=O) groups excluding carboxylic acids is 1. The predicted octanol–water partition coefficient (Wildman–Crippen LogP) is 1.38. The number of rotatable bonds is 4. The normalized spacial score (nSPS) is 24.2. The van der Waals surface area contributed by atoms with E-state index in [1.807, 2.05) is 6.92 Å². The maximum atomic E-state index is 13.1. The smallest absolute Gasteiger partial charge is 0.237 e. The first-order valence-corrected chi connectivity index (χ1v) is 6.42. The highest BCUT2D eigenvalue weighted by atomic mass is 19.1. The fourth-order valence-corrected chi connectivity index (χ4v) is 2.26. The molecule has 0 bridgehead atoms. The Morgan fingerprint density at radius 2 is 2.37 bits per heavy atom. The molecule has 0 aromatic heterocycles. The Kier molecular flexibility index (Phi) is 4.50. The third kappa shape index (κ3) is 3.52. The highest BCUT2D eigenvalue weighted by molar-refractivity contribution is 5.82. The van der Waals surface area contributed by atoms with Gasteiger partial charge < -0.3 is 15.4 Å². The van der Waals surface area contributed by atoms with Crippen molar-refractivity contribution in [3.8, 4) is 0 Å². The Labute approximate surface area is 112 Å². The average Bonchev–Trinajstić information content (AvgIpc) is 2.87. The molecule has 1 aliphatic heterocycles. The van der Waals surface area contributed by atoms with Crippen LogP contribution in [0.3, 0.4) is 0 Å². The predicted molar refractivity (Wildman–Crippen MR) is 70.2 cm³/mol. The lowest BCUT2D eigenvalue weighted by Crippen LogP contribution is -2.41. The summed E-state index contributed by atoms with van der Waals surface area (Å²) >= 11 is 0. The molecule has 4 nitrogen and oxygen atoms in total. The van der Waals surface area contributed by atoms with Gasteiger partial charge in [0.05, 0.1) is 18.2 Å². The van der Waals surface area contributed by atoms with Crippen LogP contribution >= 0.6 is 0 Å². The number of benzene rings is 1. The minimum absolute atomic E-state index is 0.0729. The number of halogens is 1. The summed E-state index contributed by atoms with van der Waals surface area (Å²) in [6.07, 6.45) is 0.748. The van der Waals surface area contributed by atoms with E-state index in [-0.39, 0.29) is 29.9 Å². The molecule has 19 heavy (non-hydrogen) atoms. The molecule has 3 atom stereocenters. The van der Waals surface area contributed by atoms with Crippen LogP contribution < -0.4 is 10.6 Å². The zero-order valence-electron chi connectivity index (χ0n) is 11.2. The van der Waals surface area contributed by atoms with E-state index in [9.17, 15) is 9.18 Å². The van der Waals surface area contributed by atoms with E-state index in [2.05, 4.69) is 10.6 Å². The maximum Gasteiger partial charge on any atom is 0.237 e. The van der Waals surface area contributed by atoms with Gasteiger partial charge in [0.25, 0.3) is 0 Å². The number of hydrogen-bond acceptors (Lipinski definition) is 3. The molecule has 0 aliphatic carbocycles. The molecular formula is C14H19FN2O2. The number of nitrogens with one attached hydrogen (secondary N) is 2. The molecule has 0 saturated carbocycles. The maximum absolute atomic E-state index is 13.1. The molecule has 2 N–H and O–H groups in total. The Balaban J connectivity index is 1.92. The molecule has 1 amide bonds. The molecule has 104 valence electrons. The van der Waals surface area contributed by atoms with Crippen LogP contribution in [0.15, 0.2) is 24.3 Å². The van der Waals surface area contributed by atoms with Crippen LogP contribution in [-0.2, 0) is 9.53 Å². The standard InChI is InChI=1S/C14H19FN2O2/c1-9(10-4-3-5-11(15)6-10)17-14(18)13-7-12(19-2)8-16-13/h3-6,9,12-13,16H,7-8H2,1-2H3,(H,17,18)/t9-,12?,13?/m1/s1. The molecule has 1 saturated heterocycles. The second-order valence-electron chi connectivity index (χ2n) is 4.84. The van der Waals surface area contributed by atoms with Gasteiger partial charge in [0.1, 0.15) is 5.82 Å². The minimum Gasteiger partial charge on any atom is -0.380 e. The van der Waals surface area contributed by atoms with Crippen molar-refractivity contribution in [3.63, 3.8) is 0 Å². The second-order valence-corrected chi connectivity index (χ2v) is 4.84. The first kappa shape index (κ1) is 14.0. The molecule has 5 heteroatoms. The molecule has 1 heterocycles. The molecule has 0 radical (unpaired) electrons. The number of amides is 1. The highest BCUT2D eigenvalue weighted by Gasteiger charge is 2.29. The van der Waals surface area contributed by atoms with E-state index >= 15 is 0 Å². The van der Waals surface area contributed by atoms with E-state index in [0.717, 1.165) is 5.56 Å². The number of ether oxygens (including phenoxy) is 1. The molecular weight excluding hydrogens is 247 g/mol. The zero-order valence-corrected chi connectivity index (χ0v) is 11.2. The first-order valence-electron chi connectivity index (χ1n) is 6.42. The topological polar surface area (TPSA) is 50.4 Å². The van der Waals surface area contributed by atoms with Crippen LogP contribution in [0.4, 0.5) is 4.39 Å². The largest absolute Gasteiger partial charge is 0.380 e. The van der Waals surface area contributed by atoms with E-state index in [0.29, 0.717) is 13.0 Å². The summed E-state index contributed by atoms with van der Waals surface area (Å²) < 4.78 is 18.3. The van der Waals surface area contributed by atoms with Gasteiger partial charge in [-0.1, -0.05) is 12.1 Å². The van der Waals surface area contributed by atoms with Crippen molar-refractivity contribution >= 4 is 5.91 Å². The van der Waals surface area contributed by atoms with Crippen LogP contribution in [0.5, 0.6) is 0 Å². The molecule has 1 aliphatic rings. The summed E-state index contributed by atoms with van der Waals surface area (Å²) in [6, 6.07) is 5.81. The molecule has 0 spiro atoms. The van der Waals surface area contributed by atoms with E-state index < -0.39 is 0 Å². The van der Waals surface area contributed by atoms with E-state index in [1.165, 1.54) is 12.1 Å².